The van der Waals surface area contributed by atoms with Gasteiger partial charge in [0.15, 0.2) is 0 Å². The number of carbonyl (C=O) groups is 2. The summed E-state index contributed by atoms with van der Waals surface area (Å²) in [5, 5.41) is 0.340. The molecule has 2 heterocycles. The first-order chi connectivity index (χ1) is 11.5. The Hall–Kier alpha value is -2.22. The quantitative estimate of drug-likeness (QED) is 0.561. The molecule has 0 atom stereocenters. The number of carbonyl (C=O) groups excluding carboxylic acids is 2. The van der Waals surface area contributed by atoms with E-state index in [0.717, 1.165) is 24.2 Å². The lowest BCUT2D eigenvalue weighted by molar-refractivity contribution is -0.144. The zero-order valence-electron chi connectivity index (χ0n) is 14.0. The van der Waals surface area contributed by atoms with E-state index in [1.165, 1.54) is 10.9 Å². The Morgan fingerprint density at radius 2 is 2.04 bits per heavy atom. The van der Waals surface area contributed by atoms with Gasteiger partial charge in [0.1, 0.15) is 16.3 Å². The summed E-state index contributed by atoms with van der Waals surface area (Å²) in [7, 11) is 0. The van der Waals surface area contributed by atoms with Crippen molar-refractivity contribution in [2.45, 2.75) is 40.2 Å². The van der Waals surface area contributed by atoms with E-state index in [4.69, 9.17) is 9.47 Å². The highest BCUT2D eigenvalue weighted by molar-refractivity contribution is 7.20. The van der Waals surface area contributed by atoms with Crippen LogP contribution in [0.3, 0.4) is 0 Å². The van der Waals surface area contributed by atoms with Crippen molar-refractivity contribution in [2.24, 2.45) is 0 Å². The highest BCUT2D eigenvalue weighted by Crippen LogP contribution is 2.27. The molecule has 2 aromatic rings. The van der Waals surface area contributed by atoms with Crippen molar-refractivity contribution >= 4 is 33.5 Å². The fourth-order valence-corrected chi connectivity index (χ4v) is 3.21. The molecule has 0 unspecified atom stereocenters. The molecular weight excluding hydrogens is 332 g/mol. The molecule has 7 nitrogen and oxygen atoms in total. The summed E-state index contributed by atoms with van der Waals surface area (Å²) in [6, 6.07) is 0. The molecule has 0 radical (unpaired) electrons. The number of unbranched alkanes of at least 4 members (excludes halogenated alkanes) is 1. The second kappa shape index (κ2) is 8.05. The number of ether oxygens (including phenoxy) is 2. The van der Waals surface area contributed by atoms with Crippen molar-refractivity contribution in [1.82, 2.24) is 9.55 Å². The number of aromatic nitrogens is 2. The molecule has 0 N–H and O–H groups in total. The molecule has 0 aliphatic carbocycles. The first kappa shape index (κ1) is 18.1. The number of esters is 2. The third kappa shape index (κ3) is 3.81. The first-order valence-corrected chi connectivity index (χ1v) is 8.62. The number of rotatable bonds is 7. The fourth-order valence-electron chi connectivity index (χ4n) is 2.18. The molecule has 0 bridgehead atoms. The second-order valence-electron chi connectivity index (χ2n) is 5.21. The summed E-state index contributed by atoms with van der Waals surface area (Å²) < 4.78 is 11.2. The van der Waals surface area contributed by atoms with Crippen LogP contribution in [0.4, 0.5) is 0 Å². The maximum absolute atomic E-state index is 12.6. The van der Waals surface area contributed by atoms with Crippen molar-refractivity contribution in [3.8, 4) is 0 Å². The van der Waals surface area contributed by atoms with Crippen LogP contribution in [0.5, 0.6) is 0 Å². The van der Waals surface area contributed by atoms with Crippen LogP contribution in [0.2, 0.25) is 0 Å². The van der Waals surface area contributed by atoms with E-state index in [1.807, 2.05) is 6.92 Å². The van der Waals surface area contributed by atoms with Crippen LogP contribution < -0.4 is 5.56 Å². The van der Waals surface area contributed by atoms with Crippen molar-refractivity contribution in [3.63, 3.8) is 0 Å². The van der Waals surface area contributed by atoms with Crippen molar-refractivity contribution in [3.05, 3.63) is 27.1 Å². The van der Waals surface area contributed by atoms with E-state index < -0.39 is 11.9 Å². The third-order valence-corrected chi connectivity index (χ3v) is 4.62. The number of hydrogen-bond donors (Lipinski definition) is 0. The average molecular weight is 352 g/mol. The first-order valence-electron chi connectivity index (χ1n) is 7.80. The van der Waals surface area contributed by atoms with Gasteiger partial charge in [-0.3, -0.25) is 14.2 Å². The van der Waals surface area contributed by atoms with Gasteiger partial charge in [-0.1, -0.05) is 13.3 Å². The van der Waals surface area contributed by atoms with Crippen LogP contribution in [-0.4, -0.2) is 34.7 Å². The van der Waals surface area contributed by atoms with Gasteiger partial charge in [0.2, 0.25) is 0 Å². The second-order valence-corrected chi connectivity index (χ2v) is 6.21. The van der Waals surface area contributed by atoms with Gasteiger partial charge in [-0.15, -0.1) is 11.3 Å². The minimum Gasteiger partial charge on any atom is -0.464 e. The predicted octanol–water partition coefficient (Wildman–Crippen LogP) is 2.29. The standard InChI is InChI=1S/C16H20N2O5S/c1-4-6-7-23-11(19)8-18-9-17-14-12(15(18)20)10(3)13(24-14)16(21)22-5-2/h9H,4-8H2,1-3H3. The lowest BCUT2D eigenvalue weighted by atomic mass is 10.2. The summed E-state index contributed by atoms with van der Waals surface area (Å²) in [6.07, 6.45) is 3.01. The van der Waals surface area contributed by atoms with Gasteiger partial charge in [0.25, 0.3) is 5.56 Å². The van der Waals surface area contributed by atoms with Crippen molar-refractivity contribution in [1.29, 1.82) is 0 Å². The highest BCUT2D eigenvalue weighted by atomic mass is 32.1. The van der Waals surface area contributed by atoms with Crippen LogP contribution >= 0.6 is 11.3 Å². The normalized spacial score (nSPS) is 10.8. The molecule has 130 valence electrons. The lowest BCUT2D eigenvalue weighted by Gasteiger charge is -2.06. The van der Waals surface area contributed by atoms with Crippen LogP contribution in [0.25, 0.3) is 10.2 Å². The molecule has 0 saturated heterocycles. The molecule has 2 aromatic heterocycles. The molecule has 0 aromatic carbocycles. The molecule has 2 rings (SSSR count). The molecule has 0 aliphatic rings. The van der Waals surface area contributed by atoms with Gasteiger partial charge in [-0.05, 0) is 25.8 Å². The van der Waals surface area contributed by atoms with Crippen molar-refractivity contribution in [2.75, 3.05) is 13.2 Å². The van der Waals surface area contributed by atoms with E-state index in [1.54, 1.807) is 13.8 Å². The van der Waals surface area contributed by atoms with Gasteiger partial charge in [-0.2, -0.15) is 0 Å². The highest BCUT2D eigenvalue weighted by Gasteiger charge is 2.20. The Labute approximate surface area is 143 Å². The number of nitrogens with zero attached hydrogens (tertiary/aromatic N) is 2. The van der Waals surface area contributed by atoms with E-state index >= 15 is 0 Å². The van der Waals surface area contributed by atoms with E-state index in [9.17, 15) is 14.4 Å². The monoisotopic (exact) mass is 352 g/mol. The van der Waals surface area contributed by atoms with Gasteiger partial charge in [0.05, 0.1) is 24.9 Å². The Bertz CT molecular complexity index is 809. The SMILES string of the molecule is CCCCOC(=O)Cn1cnc2sc(C(=O)OCC)c(C)c2c1=O. The average Bonchev–Trinajstić information content (AvgIpc) is 2.88. The van der Waals surface area contributed by atoms with Gasteiger partial charge < -0.3 is 9.47 Å². The zero-order valence-corrected chi connectivity index (χ0v) is 14.8. The predicted molar refractivity (Wildman–Crippen MR) is 90.4 cm³/mol. The number of aryl methyl sites for hydroxylation is 1. The van der Waals surface area contributed by atoms with Crippen LogP contribution in [0.1, 0.15) is 41.9 Å². The fraction of sp³-hybridized carbons (Fsp3) is 0.500. The zero-order chi connectivity index (χ0) is 17.7. The Morgan fingerprint density at radius 3 is 2.71 bits per heavy atom. The van der Waals surface area contributed by atoms with Gasteiger partial charge >= 0.3 is 11.9 Å². The Morgan fingerprint density at radius 1 is 1.29 bits per heavy atom. The molecular formula is C16H20N2O5S. The molecule has 0 aliphatic heterocycles. The smallest absolute Gasteiger partial charge is 0.348 e. The molecule has 0 saturated carbocycles. The summed E-state index contributed by atoms with van der Waals surface area (Å²) in [6.45, 7) is 5.79. The summed E-state index contributed by atoms with van der Waals surface area (Å²) in [4.78, 5) is 41.3. The molecule has 0 amide bonds. The molecule has 24 heavy (non-hydrogen) atoms. The van der Waals surface area contributed by atoms with E-state index in [2.05, 4.69) is 4.98 Å². The van der Waals surface area contributed by atoms with E-state index in [0.29, 0.717) is 27.3 Å². The molecule has 8 heteroatoms. The van der Waals surface area contributed by atoms with Gasteiger partial charge in [0, 0.05) is 0 Å². The summed E-state index contributed by atoms with van der Waals surface area (Å²) in [5.74, 6) is -0.951. The minimum absolute atomic E-state index is 0.199. The largest absolute Gasteiger partial charge is 0.464 e. The summed E-state index contributed by atoms with van der Waals surface area (Å²) >= 11 is 1.12. The number of hydrogen-bond acceptors (Lipinski definition) is 7. The molecule has 0 spiro atoms. The van der Waals surface area contributed by atoms with Crippen molar-refractivity contribution < 1.29 is 19.1 Å². The van der Waals surface area contributed by atoms with Crippen LogP contribution in [-0.2, 0) is 20.8 Å². The van der Waals surface area contributed by atoms with E-state index in [-0.39, 0.29) is 18.7 Å². The maximum Gasteiger partial charge on any atom is 0.348 e. The lowest BCUT2D eigenvalue weighted by Crippen LogP contribution is -2.25. The number of thiophene rings is 1. The Balaban J connectivity index is 2.30. The third-order valence-electron chi connectivity index (χ3n) is 3.44. The maximum atomic E-state index is 12.6. The molecule has 0 fully saturated rings. The minimum atomic E-state index is -0.481. The number of fused-ring (bicyclic) bond motifs is 1. The Kier molecular flexibility index (Phi) is 6.08. The summed E-state index contributed by atoms with van der Waals surface area (Å²) in [5.41, 5.74) is 0.163. The topological polar surface area (TPSA) is 87.5 Å². The van der Waals surface area contributed by atoms with Crippen LogP contribution in [0, 0.1) is 6.92 Å². The van der Waals surface area contributed by atoms with Crippen LogP contribution in [0.15, 0.2) is 11.1 Å². The van der Waals surface area contributed by atoms with Gasteiger partial charge in [-0.25, -0.2) is 9.78 Å².